The van der Waals surface area contributed by atoms with Crippen molar-refractivity contribution < 1.29 is 18.6 Å². The molecule has 1 saturated carbocycles. The smallest absolute Gasteiger partial charge is 0.191 e. The highest BCUT2D eigenvalue weighted by molar-refractivity contribution is 14.0. The highest BCUT2D eigenvalue weighted by atomic mass is 127. The highest BCUT2D eigenvalue weighted by Gasteiger charge is 2.32. The van der Waals surface area contributed by atoms with Gasteiger partial charge in [-0.05, 0) is 43.4 Å². The second kappa shape index (κ2) is 11.3. The topological polar surface area (TPSA) is 64.1 Å². The van der Waals surface area contributed by atoms with E-state index >= 15 is 0 Å². The largest absolute Gasteiger partial charge is 0.490 e. The van der Waals surface area contributed by atoms with Crippen LogP contribution in [0.25, 0.3) is 0 Å². The Balaban J connectivity index is 0.00000300. The lowest BCUT2D eigenvalue weighted by Crippen LogP contribution is -2.51. The molecule has 3 rings (SSSR count). The summed E-state index contributed by atoms with van der Waals surface area (Å²) in [5.74, 6) is 1.26. The molecule has 2 fully saturated rings. The second-order valence-corrected chi connectivity index (χ2v) is 7.74. The van der Waals surface area contributed by atoms with Gasteiger partial charge in [0.1, 0.15) is 0 Å². The quantitative estimate of drug-likeness (QED) is 0.311. The Labute approximate surface area is 190 Å². The fourth-order valence-electron chi connectivity index (χ4n) is 3.32. The van der Waals surface area contributed by atoms with Crippen molar-refractivity contribution in [2.45, 2.75) is 44.2 Å². The van der Waals surface area contributed by atoms with Gasteiger partial charge in [0.05, 0.1) is 18.2 Å². The summed E-state index contributed by atoms with van der Waals surface area (Å²) in [6, 6.07) is 5.03. The van der Waals surface area contributed by atoms with Crippen LogP contribution in [0.3, 0.4) is 0 Å². The summed E-state index contributed by atoms with van der Waals surface area (Å²) in [7, 11) is 3.46. The Morgan fingerprint density at radius 3 is 2.66 bits per heavy atom. The predicted molar refractivity (Wildman–Crippen MR) is 123 cm³/mol. The second-order valence-electron chi connectivity index (χ2n) is 7.74. The number of guanidine groups is 1. The number of methoxy groups -OCH3 is 1. The van der Waals surface area contributed by atoms with Crippen LogP contribution in [0.2, 0.25) is 0 Å². The van der Waals surface area contributed by atoms with Gasteiger partial charge in [0.2, 0.25) is 0 Å². The minimum atomic E-state index is -0.324. The van der Waals surface area contributed by atoms with Gasteiger partial charge >= 0.3 is 0 Å². The van der Waals surface area contributed by atoms with Crippen molar-refractivity contribution in [3.05, 3.63) is 29.6 Å². The van der Waals surface area contributed by atoms with Crippen molar-refractivity contribution >= 4 is 29.9 Å². The van der Waals surface area contributed by atoms with E-state index in [4.69, 9.17) is 14.2 Å². The Bertz CT molecular complexity index is 679. The Morgan fingerprint density at radius 1 is 1.34 bits per heavy atom. The lowest BCUT2D eigenvalue weighted by Gasteiger charge is -2.36. The number of hydrogen-bond donors (Lipinski definition) is 2. The molecule has 1 heterocycles. The molecule has 1 aliphatic carbocycles. The van der Waals surface area contributed by atoms with E-state index < -0.39 is 0 Å². The van der Waals surface area contributed by atoms with E-state index in [-0.39, 0.29) is 41.4 Å². The van der Waals surface area contributed by atoms with E-state index in [2.05, 4.69) is 15.6 Å². The zero-order chi connectivity index (χ0) is 20.0. The first kappa shape index (κ1) is 24.1. The molecule has 1 aromatic rings. The average molecular weight is 521 g/mol. The van der Waals surface area contributed by atoms with Crippen molar-refractivity contribution in [2.24, 2.45) is 10.9 Å². The Kier molecular flexibility index (Phi) is 9.42. The molecule has 1 aliphatic heterocycles. The van der Waals surface area contributed by atoms with E-state index in [0.717, 1.165) is 18.4 Å². The number of rotatable bonds is 8. The fourth-order valence-corrected chi connectivity index (χ4v) is 3.32. The third kappa shape index (κ3) is 6.96. The van der Waals surface area contributed by atoms with Crippen molar-refractivity contribution in [1.29, 1.82) is 0 Å². The minimum Gasteiger partial charge on any atom is -0.490 e. The summed E-state index contributed by atoms with van der Waals surface area (Å²) in [6.07, 6.45) is 4.06. The van der Waals surface area contributed by atoms with Gasteiger partial charge in [-0.25, -0.2) is 4.39 Å². The highest BCUT2D eigenvalue weighted by Crippen LogP contribution is 2.30. The third-order valence-electron chi connectivity index (χ3n) is 5.62. The summed E-state index contributed by atoms with van der Waals surface area (Å²) in [5, 5.41) is 6.65. The van der Waals surface area contributed by atoms with Crippen LogP contribution in [0.4, 0.5) is 4.39 Å². The van der Waals surface area contributed by atoms with Crippen LogP contribution in [0.5, 0.6) is 5.75 Å². The van der Waals surface area contributed by atoms with Crippen LogP contribution in [-0.2, 0) is 9.47 Å². The zero-order valence-electron chi connectivity index (χ0n) is 17.5. The number of benzene rings is 1. The number of nitrogens with one attached hydrogen (secondary N) is 2. The van der Waals surface area contributed by atoms with Crippen LogP contribution in [0.1, 0.15) is 44.2 Å². The maximum atomic E-state index is 14.4. The molecular weight excluding hydrogens is 488 g/mol. The molecule has 1 atom stereocenters. The molecule has 0 amide bonds. The summed E-state index contributed by atoms with van der Waals surface area (Å²) in [6.45, 7) is 4.63. The van der Waals surface area contributed by atoms with Crippen LogP contribution >= 0.6 is 24.0 Å². The molecule has 0 bridgehead atoms. The lowest BCUT2D eigenvalue weighted by molar-refractivity contribution is -0.0855. The normalized spacial score (nSPS) is 19.8. The number of halogens is 2. The number of ether oxygens (including phenoxy) is 3. The van der Waals surface area contributed by atoms with E-state index in [1.54, 1.807) is 20.2 Å². The first-order valence-electron chi connectivity index (χ1n) is 10.1. The monoisotopic (exact) mass is 521 g/mol. The average Bonchev–Trinajstić information content (AvgIpc) is 3.55. The summed E-state index contributed by atoms with van der Waals surface area (Å²) in [5.41, 5.74) is 0.595. The van der Waals surface area contributed by atoms with Crippen molar-refractivity contribution in [1.82, 2.24) is 10.6 Å². The summed E-state index contributed by atoms with van der Waals surface area (Å²) < 4.78 is 31.1. The molecule has 164 valence electrons. The molecule has 29 heavy (non-hydrogen) atoms. The van der Waals surface area contributed by atoms with E-state index in [1.165, 1.54) is 18.9 Å². The van der Waals surface area contributed by atoms with Gasteiger partial charge in [0, 0.05) is 46.8 Å². The first-order valence-corrected chi connectivity index (χ1v) is 10.1. The maximum absolute atomic E-state index is 14.4. The number of hydrogen-bond acceptors (Lipinski definition) is 4. The molecule has 2 aliphatic rings. The van der Waals surface area contributed by atoms with E-state index in [9.17, 15) is 4.39 Å². The number of aliphatic imine (C=N–C) groups is 1. The molecule has 6 nitrogen and oxygen atoms in total. The standard InChI is InChI=1S/C21H32FN3O3.HI/c1-15(17-6-7-19(18(22)12-17)28-13-16-4-5-16)25-20(23-2)24-14-21(26-3)8-10-27-11-9-21;/h6-7,12,15-16H,4-5,8-11,13-14H2,1-3H3,(H2,23,24,25);1H. The minimum absolute atomic E-state index is 0. The molecule has 0 aromatic heterocycles. The van der Waals surface area contributed by atoms with Gasteiger partial charge in [-0.2, -0.15) is 0 Å². The molecule has 8 heteroatoms. The van der Waals surface area contributed by atoms with Crippen LogP contribution < -0.4 is 15.4 Å². The lowest BCUT2D eigenvalue weighted by atomic mass is 9.94. The van der Waals surface area contributed by atoms with Crippen molar-refractivity contribution in [2.75, 3.05) is 40.5 Å². The van der Waals surface area contributed by atoms with Crippen molar-refractivity contribution in [3.8, 4) is 5.75 Å². The molecule has 1 aromatic carbocycles. The molecular formula is C21H33FIN3O3. The van der Waals surface area contributed by atoms with Gasteiger partial charge in [0.15, 0.2) is 17.5 Å². The van der Waals surface area contributed by atoms with Gasteiger partial charge in [-0.1, -0.05) is 6.07 Å². The predicted octanol–water partition coefficient (Wildman–Crippen LogP) is 3.65. The SMILES string of the molecule is CN=C(NCC1(OC)CCOCC1)NC(C)c1ccc(OCC2CC2)c(F)c1.I. The van der Waals surface area contributed by atoms with Crippen molar-refractivity contribution in [3.63, 3.8) is 0 Å². The zero-order valence-corrected chi connectivity index (χ0v) is 19.8. The van der Waals surface area contributed by atoms with Gasteiger partial charge in [0.25, 0.3) is 0 Å². The first-order chi connectivity index (χ1) is 13.5. The molecule has 2 N–H and O–H groups in total. The molecule has 1 unspecified atom stereocenters. The third-order valence-corrected chi connectivity index (χ3v) is 5.62. The maximum Gasteiger partial charge on any atom is 0.191 e. The summed E-state index contributed by atoms with van der Waals surface area (Å²) in [4.78, 5) is 4.29. The van der Waals surface area contributed by atoms with E-state index in [1.807, 2.05) is 13.0 Å². The van der Waals surface area contributed by atoms with Crippen LogP contribution in [0.15, 0.2) is 23.2 Å². The fraction of sp³-hybridized carbons (Fsp3) is 0.667. The van der Waals surface area contributed by atoms with Crippen LogP contribution in [-0.4, -0.2) is 52.1 Å². The van der Waals surface area contributed by atoms with Gasteiger partial charge in [-0.3, -0.25) is 4.99 Å². The van der Waals surface area contributed by atoms with E-state index in [0.29, 0.717) is 44.0 Å². The van der Waals surface area contributed by atoms with Gasteiger partial charge in [-0.15, -0.1) is 24.0 Å². The Hall–Kier alpha value is -1.13. The van der Waals surface area contributed by atoms with Crippen LogP contribution in [0, 0.1) is 11.7 Å². The molecule has 0 spiro atoms. The molecule has 1 saturated heterocycles. The van der Waals surface area contributed by atoms with Gasteiger partial charge < -0.3 is 24.8 Å². The Morgan fingerprint density at radius 2 is 2.07 bits per heavy atom. The number of nitrogens with zero attached hydrogens (tertiary/aromatic N) is 1. The molecule has 0 radical (unpaired) electrons. The summed E-state index contributed by atoms with van der Waals surface area (Å²) >= 11 is 0.